The third-order valence-corrected chi connectivity index (χ3v) is 11.0. The van der Waals surface area contributed by atoms with Gasteiger partial charge in [-0.3, -0.25) is 10.2 Å². The van der Waals surface area contributed by atoms with E-state index in [1.54, 1.807) is 23.9 Å². The second-order valence-corrected chi connectivity index (χ2v) is 14.2. The molecule has 0 heterocycles. The van der Waals surface area contributed by atoms with Crippen molar-refractivity contribution in [2.45, 2.75) is 37.6 Å². The summed E-state index contributed by atoms with van der Waals surface area (Å²) in [6, 6.07) is 4.59. The van der Waals surface area contributed by atoms with Gasteiger partial charge in [0.1, 0.15) is 6.04 Å². The Morgan fingerprint density at radius 2 is 1.97 bits per heavy atom. The highest BCUT2D eigenvalue weighted by Crippen LogP contribution is 2.62. The summed E-state index contributed by atoms with van der Waals surface area (Å²) in [5.41, 5.74) is 7.98. The number of guanidine groups is 1. The number of nitrogens with one attached hydrogen (secondary N) is 2. The topological polar surface area (TPSA) is 144 Å². The molecular weight excluding hydrogens is 522 g/mol. The summed E-state index contributed by atoms with van der Waals surface area (Å²) in [5, 5.41) is 19.8. The summed E-state index contributed by atoms with van der Waals surface area (Å²) in [4.78, 5) is 11.2. The molecule has 0 aliphatic rings. The van der Waals surface area contributed by atoms with Crippen LogP contribution in [0.1, 0.15) is 26.7 Å². The molecule has 1 rings (SSSR count). The third kappa shape index (κ3) is 15.3. The molecule has 8 nitrogen and oxygen atoms in total. The van der Waals surface area contributed by atoms with E-state index in [1.165, 1.54) is 11.4 Å². The van der Waals surface area contributed by atoms with Crippen LogP contribution in [0, 0.1) is 5.41 Å². The van der Waals surface area contributed by atoms with E-state index in [1.807, 2.05) is 19.9 Å². The van der Waals surface area contributed by atoms with Crippen molar-refractivity contribution in [1.29, 1.82) is 5.41 Å². The summed E-state index contributed by atoms with van der Waals surface area (Å²) in [7, 11) is 0. The van der Waals surface area contributed by atoms with Crippen LogP contribution in [0.3, 0.4) is 0 Å². The monoisotopic (exact) mass is 550 g/mol. The predicted octanol–water partition coefficient (Wildman–Crippen LogP) is 4.74. The van der Waals surface area contributed by atoms with E-state index < -0.39 is 17.7 Å². The maximum absolute atomic E-state index is 10.2. The van der Waals surface area contributed by atoms with Gasteiger partial charge in [0.05, 0.1) is 23.3 Å². The van der Waals surface area contributed by atoms with Gasteiger partial charge in [0.25, 0.3) is 0 Å². The number of benzene rings is 1. The average Bonchev–Trinajstić information content (AvgIpc) is 2.68. The Bertz CT molecular complexity index is 739. The van der Waals surface area contributed by atoms with E-state index in [2.05, 4.69) is 5.32 Å². The van der Waals surface area contributed by atoms with Crippen LogP contribution in [0.5, 0.6) is 0 Å². The highest BCUT2D eigenvalue weighted by atomic mass is 35.5. The summed E-state index contributed by atoms with van der Waals surface area (Å²) in [6.45, 7) is 5.44. The highest BCUT2D eigenvalue weighted by Gasteiger charge is 2.19. The molecule has 0 amide bonds. The lowest BCUT2D eigenvalue weighted by Crippen LogP contribution is -2.34. The van der Waals surface area contributed by atoms with Gasteiger partial charge in [0.2, 0.25) is 5.69 Å². The Kier molecular flexibility index (Phi) is 17.1. The van der Waals surface area contributed by atoms with Crippen molar-refractivity contribution < 1.29 is 18.9 Å². The van der Waals surface area contributed by atoms with Crippen molar-refractivity contribution in [3.05, 3.63) is 28.2 Å². The molecule has 0 aliphatic carbocycles. The van der Waals surface area contributed by atoms with Crippen LogP contribution in [0.2, 0.25) is 10.0 Å². The minimum Gasteiger partial charge on any atom is -0.480 e. The number of thioether (sulfide) groups is 1. The third-order valence-electron chi connectivity index (χ3n) is 3.22. The summed E-state index contributed by atoms with van der Waals surface area (Å²) < 4.78 is 11.1. The Hall–Kier alpha value is -0.230. The lowest BCUT2D eigenvalue weighted by atomic mass is 10.2. The van der Waals surface area contributed by atoms with Gasteiger partial charge in [-0.05, 0) is 56.7 Å². The number of carboxylic acids is 1. The van der Waals surface area contributed by atoms with Crippen molar-refractivity contribution in [3.8, 4) is 0 Å². The fourth-order valence-corrected chi connectivity index (χ4v) is 9.37. The molecule has 0 spiro atoms. The van der Waals surface area contributed by atoms with Crippen molar-refractivity contribution in [2.24, 2.45) is 11.5 Å². The molecule has 1 unspecified atom stereocenters. The molecule has 0 saturated heterocycles. The summed E-state index contributed by atoms with van der Waals surface area (Å²) in [6.07, 6.45) is 0.975. The molecule has 0 fully saturated rings. The van der Waals surface area contributed by atoms with Crippen LogP contribution in [0.25, 0.3) is 0 Å². The van der Waals surface area contributed by atoms with E-state index in [0.717, 1.165) is 9.98 Å². The Morgan fingerprint density at radius 3 is 2.48 bits per heavy atom. The molecule has 0 radical (unpaired) electrons. The average molecular weight is 552 g/mol. The van der Waals surface area contributed by atoms with Crippen LogP contribution in [0.4, 0.5) is 0 Å². The summed E-state index contributed by atoms with van der Waals surface area (Å²) in [5.74, 6) is -1.11. The molecule has 0 saturated carbocycles. The number of rotatable bonds is 13. The first-order valence-electron chi connectivity index (χ1n) is 9.22. The van der Waals surface area contributed by atoms with E-state index in [4.69, 9.17) is 66.0 Å². The van der Waals surface area contributed by atoms with Gasteiger partial charge in [0.15, 0.2) is 5.96 Å². The van der Waals surface area contributed by atoms with Crippen molar-refractivity contribution in [2.75, 3.05) is 24.8 Å². The molecule has 1 aromatic carbocycles. The van der Waals surface area contributed by atoms with Crippen LogP contribution < -0.4 is 16.8 Å². The van der Waals surface area contributed by atoms with E-state index >= 15 is 0 Å². The minimum absolute atomic E-state index is 0.112. The zero-order valence-corrected chi connectivity index (χ0v) is 22.2. The zero-order chi connectivity index (χ0) is 23.9. The Balaban J connectivity index is 0.000000649. The van der Waals surface area contributed by atoms with Crippen LogP contribution in [0.15, 0.2) is 23.1 Å². The second-order valence-electron chi connectivity index (χ2n) is 5.68. The maximum Gasteiger partial charge on any atom is 0.320 e. The number of carboxylic acid groups (broad SMARTS) is 1. The maximum atomic E-state index is 10.2. The number of halogens is 2. The standard InChI is InChI=1S/C11H15Cl2O2PS3.C6H14N4O2/c1-3-14-16(17,15-4-2)19-8-18-11-7-9(12)5-6-10(11)13;7-4(5(11)12)2-1-3-10-6(8)9/h5-7H,3-4,8H2,1-2H3;4H,1-3,7H2,(H,11,12)(H4,8,9,10). The number of nitrogens with two attached hydrogens (primary N) is 2. The number of aliphatic carboxylic acids is 1. The van der Waals surface area contributed by atoms with E-state index in [-0.39, 0.29) is 5.96 Å². The highest BCUT2D eigenvalue weighted by molar-refractivity contribution is 8.69. The lowest BCUT2D eigenvalue weighted by molar-refractivity contribution is -0.138. The SMILES string of the molecule is CCOP(=S)(OCC)SCSc1cc(Cl)ccc1Cl.N=C(N)NCCCC(N)C(=O)O. The van der Waals surface area contributed by atoms with Gasteiger partial charge in [-0.2, -0.15) is 0 Å². The minimum atomic E-state index is -2.23. The van der Waals surface area contributed by atoms with Crippen molar-refractivity contribution in [3.63, 3.8) is 0 Å². The largest absolute Gasteiger partial charge is 0.480 e. The fraction of sp³-hybridized carbons (Fsp3) is 0.529. The first-order valence-corrected chi connectivity index (χ1v) is 15.2. The normalized spacial score (nSPS) is 11.9. The number of hydrogen-bond donors (Lipinski definition) is 5. The number of hydrogen-bond acceptors (Lipinski definition) is 8. The van der Waals surface area contributed by atoms with Gasteiger partial charge in [-0.25, -0.2) is 0 Å². The predicted molar refractivity (Wildman–Crippen MR) is 137 cm³/mol. The van der Waals surface area contributed by atoms with Gasteiger partial charge in [-0.1, -0.05) is 34.6 Å². The van der Waals surface area contributed by atoms with Crippen molar-refractivity contribution in [1.82, 2.24) is 5.32 Å². The van der Waals surface area contributed by atoms with Crippen LogP contribution in [-0.2, 0) is 25.6 Å². The molecular formula is C17H29Cl2N4O4PS3. The van der Waals surface area contributed by atoms with E-state index in [0.29, 0.717) is 42.6 Å². The molecule has 0 aliphatic heterocycles. The quantitative estimate of drug-likeness (QED) is 0.0583. The molecule has 31 heavy (non-hydrogen) atoms. The fourth-order valence-electron chi connectivity index (χ4n) is 1.84. The van der Waals surface area contributed by atoms with Crippen LogP contribution >= 0.6 is 52.0 Å². The molecule has 14 heteroatoms. The van der Waals surface area contributed by atoms with Gasteiger partial charge in [0, 0.05) is 16.5 Å². The van der Waals surface area contributed by atoms with Gasteiger partial charge < -0.3 is 30.9 Å². The molecule has 0 aromatic heterocycles. The van der Waals surface area contributed by atoms with Gasteiger partial charge in [-0.15, -0.1) is 11.8 Å². The molecule has 178 valence electrons. The summed E-state index contributed by atoms with van der Waals surface area (Å²) >= 11 is 20.6. The lowest BCUT2D eigenvalue weighted by Gasteiger charge is -2.19. The second kappa shape index (κ2) is 17.3. The Morgan fingerprint density at radius 1 is 1.35 bits per heavy atom. The first-order chi connectivity index (χ1) is 14.5. The molecule has 1 atom stereocenters. The first kappa shape index (κ1) is 30.8. The van der Waals surface area contributed by atoms with E-state index in [9.17, 15) is 4.79 Å². The van der Waals surface area contributed by atoms with Crippen LogP contribution in [-0.4, -0.2) is 47.9 Å². The number of carbonyl (C=O) groups is 1. The zero-order valence-electron chi connectivity index (χ0n) is 17.3. The molecule has 7 N–H and O–H groups in total. The van der Waals surface area contributed by atoms with Crippen molar-refractivity contribution >= 4 is 75.8 Å². The molecule has 0 bridgehead atoms. The Labute approximate surface area is 206 Å². The molecule has 1 aromatic rings. The smallest absolute Gasteiger partial charge is 0.320 e. The van der Waals surface area contributed by atoms with Gasteiger partial charge >= 0.3 is 5.97 Å².